The van der Waals surface area contributed by atoms with Gasteiger partial charge in [0.1, 0.15) is 0 Å². The van der Waals surface area contributed by atoms with E-state index in [2.05, 4.69) is 5.32 Å². The first-order valence-electron chi connectivity index (χ1n) is 4.29. The molecule has 0 aromatic rings. The van der Waals surface area contributed by atoms with Gasteiger partial charge in [-0.1, -0.05) is 0 Å². The summed E-state index contributed by atoms with van der Waals surface area (Å²) in [5.74, 6) is 0.0510. The Hall–Kier alpha value is -1.36. The summed E-state index contributed by atoms with van der Waals surface area (Å²) in [6, 6.07) is -0.202. The minimum atomic E-state index is -0.475. The molecule has 0 radical (unpaired) electrons. The van der Waals surface area contributed by atoms with E-state index in [1.54, 1.807) is 6.08 Å². The summed E-state index contributed by atoms with van der Waals surface area (Å²) in [6.07, 6.45) is 2.20. The van der Waals surface area contributed by atoms with Gasteiger partial charge in [-0.05, 0) is 6.08 Å². The van der Waals surface area contributed by atoms with Gasteiger partial charge in [0.05, 0.1) is 6.04 Å². The van der Waals surface area contributed by atoms with Crippen LogP contribution in [-0.4, -0.2) is 31.6 Å². The van der Waals surface area contributed by atoms with E-state index in [9.17, 15) is 9.59 Å². The molecule has 1 rings (SSSR count). The monoisotopic (exact) mass is 199 g/mol. The van der Waals surface area contributed by atoms with Gasteiger partial charge in [-0.2, -0.15) is 0 Å². The van der Waals surface area contributed by atoms with E-state index in [0.717, 1.165) is 0 Å². The van der Waals surface area contributed by atoms with Crippen LogP contribution in [0.4, 0.5) is 0 Å². The molecule has 0 aromatic carbocycles. The van der Waals surface area contributed by atoms with Crippen molar-refractivity contribution >= 4 is 12.2 Å². The predicted octanol–water partition coefficient (Wildman–Crippen LogP) is -0.0333. The molecule has 0 aliphatic carbocycles. The van der Waals surface area contributed by atoms with Crippen molar-refractivity contribution in [3.8, 4) is 0 Å². The van der Waals surface area contributed by atoms with Crippen molar-refractivity contribution in [3.05, 3.63) is 11.8 Å². The Morgan fingerprint density at radius 3 is 3.00 bits per heavy atom. The molecule has 0 bridgehead atoms. The molecule has 1 aliphatic heterocycles. The van der Waals surface area contributed by atoms with Crippen LogP contribution in [0.2, 0.25) is 0 Å². The number of methoxy groups -OCH3 is 1. The van der Waals surface area contributed by atoms with E-state index in [4.69, 9.17) is 9.47 Å². The Balaban J connectivity index is 2.66. The highest BCUT2D eigenvalue weighted by molar-refractivity contribution is 5.74. The van der Waals surface area contributed by atoms with Crippen molar-refractivity contribution in [3.63, 3.8) is 0 Å². The van der Waals surface area contributed by atoms with Crippen LogP contribution < -0.4 is 5.32 Å². The Labute approximate surface area is 82.1 Å². The molecule has 1 amide bonds. The van der Waals surface area contributed by atoms with Crippen molar-refractivity contribution in [2.45, 2.75) is 25.7 Å². The lowest BCUT2D eigenvalue weighted by molar-refractivity contribution is -0.131. The fraction of sp³-hybridized carbons (Fsp3) is 0.556. The molecule has 1 heterocycles. The summed E-state index contributed by atoms with van der Waals surface area (Å²) >= 11 is 0. The summed E-state index contributed by atoms with van der Waals surface area (Å²) in [7, 11) is 1.49. The molecule has 0 saturated heterocycles. The second kappa shape index (κ2) is 4.76. The molecule has 0 fully saturated rings. The Morgan fingerprint density at radius 1 is 1.79 bits per heavy atom. The highest BCUT2D eigenvalue weighted by Crippen LogP contribution is 2.16. The molecule has 78 valence electrons. The van der Waals surface area contributed by atoms with Crippen LogP contribution in [-0.2, 0) is 19.1 Å². The molecular weight excluding hydrogens is 186 g/mol. The van der Waals surface area contributed by atoms with E-state index < -0.39 is 6.29 Å². The smallest absolute Gasteiger partial charge is 0.217 e. The number of rotatable bonds is 3. The second-order valence-corrected chi connectivity index (χ2v) is 3.01. The molecule has 2 atom stereocenters. The molecule has 0 spiro atoms. The third-order valence-electron chi connectivity index (χ3n) is 1.85. The topological polar surface area (TPSA) is 64.6 Å². The molecule has 5 heteroatoms. The number of carbonyl (C=O) groups excluding carboxylic acids is 2. The summed E-state index contributed by atoms with van der Waals surface area (Å²) in [5, 5.41) is 2.68. The van der Waals surface area contributed by atoms with Gasteiger partial charge in [-0.15, -0.1) is 0 Å². The number of ether oxygens (including phenoxy) is 2. The lowest BCUT2D eigenvalue weighted by Gasteiger charge is -2.26. The highest BCUT2D eigenvalue weighted by Gasteiger charge is 2.23. The maximum Gasteiger partial charge on any atom is 0.217 e. The van der Waals surface area contributed by atoms with Gasteiger partial charge in [0, 0.05) is 20.5 Å². The van der Waals surface area contributed by atoms with Crippen LogP contribution in [0.15, 0.2) is 11.8 Å². The number of carbonyl (C=O) groups is 2. The van der Waals surface area contributed by atoms with Gasteiger partial charge in [-0.3, -0.25) is 9.59 Å². The standard InChI is InChI=1S/C9H13NO4/c1-6(12)10-7-3-8(5-11)14-9(4-7)13-2/h3,5,7,9H,4H2,1-2H3,(H,10,12)/t7-,9-/m0/s1. The van der Waals surface area contributed by atoms with Crippen molar-refractivity contribution in [1.82, 2.24) is 5.32 Å². The van der Waals surface area contributed by atoms with Crippen LogP contribution >= 0.6 is 0 Å². The molecule has 5 nitrogen and oxygen atoms in total. The van der Waals surface area contributed by atoms with E-state index in [1.165, 1.54) is 14.0 Å². The summed E-state index contributed by atoms with van der Waals surface area (Å²) < 4.78 is 10.1. The fourth-order valence-electron chi connectivity index (χ4n) is 1.29. The Kier molecular flexibility index (Phi) is 3.64. The minimum Gasteiger partial charge on any atom is -0.462 e. The third kappa shape index (κ3) is 2.85. The van der Waals surface area contributed by atoms with Crippen LogP contribution in [0.3, 0.4) is 0 Å². The molecule has 0 aromatic heterocycles. The SMILES string of the molecule is CO[C@@H]1C[C@@H](NC(C)=O)C=C(C=O)O1. The van der Waals surface area contributed by atoms with Crippen LogP contribution in [0, 0.1) is 0 Å². The first kappa shape index (κ1) is 10.7. The maximum absolute atomic E-state index is 10.8. The van der Waals surface area contributed by atoms with Gasteiger partial charge < -0.3 is 14.8 Å². The number of hydrogen-bond acceptors (Lipinski definition) is 4. The minimum absolute atomic E-state index is 0.145. The predicted molar refractivity (Wildman–Crippen MR) is 48.3 cm³/mol. The summed E-state index contributed by atoms with van der Waals surface area (Å²) in [6.45, 7) is 1.42. The van der Waals surface area contributed by atoms with Crippen LogP contribution in [0.5, 0.6) is 0 Å². The van der Waals surface area contributed by atoms with Crippen molar-refractivity contribution in [2.24, 2.45) is 0 Å². The number of hydrogen-bond donors (Lipinski definition) is 1. The van der Waals surface area contributed by atoms with Crippen molar-refractivity contribution in [2.75, 3.05) is 7.11 Å². The molecule has 1 N–H and O–H groups in total. The van der Waals surface area contributed by atoms with Crippen molar-refractivity contribution in [1.29, 1.82) is 0 Å². The van der Waals surface area contributed by atoms with Gasteiger partial charge in [0.15, 0.2) is 12.0 Å². The molecule has 14 heavy (non-hydrogen) atoms. The number of aldehydes is 1. The molecule has 0 unspecified atom stereocenters. The zero-order valence-electron chi connectivity index (χ0n) is 8.15. The van der Waals surface area contributed by atoms with Crippen LogP contribution in [0.25, 0.3) is 0 Å². The summed E-state index contributed by atoms with van der Waals surface area (Å²) in [5.41, 5.74) is 0. The maximum atomic E-state index is 10.8. The first-order valence-corrected chi connectivity index (χ1v) is 4.29. The highest BCUT2D eigenvalue weighted by atomic mass is 16.7. The number of allylic oxidation sites excluding steroid dienone is 1. The Morgan fingerprint density at radius 2 is 2.50 bits per heavy atom. The van der Waals surface area contributed by atoms with Gasteiger partial charge in [-0.25, -0.2) is 0 Å². The quantitative estimate of drug-likeness (QED) is 0.648. The zero-order chi connectivity index (χ0) is 10.6. The average molecular weight is 199 g/mol. The average Bonchev–Trinajstić information content (AvgIpc) is 2.16. The first-order chi connectivity index (χ1) is 6.65. The molecule has 0 saturated carbocycles. The van der Waals surface area contributed by atoms with E-state index in [0.29, 0.717) is 12.7 Å². The van der Waals surface area contributed by atoms with E-state index in [1.807, 2.05) is 0 Å². The van der Waals surface area contributed by atoms with Gasteiger partial charge >= 0.3 is 0 Å². The lowest BCUT2D eigenvalue weighted by Crippen LogP contribution is -2.38. The van der Waals surface area contributed by atoms with Gasteiger partial charge in [0.2, 0.25) is 12.2 Å². The summed E-state index contributed by atoms with van der Waals surface area (Å²) in [4.78, 5) is 21.3. The largest absolute Gasteiger partial charge is 0.462 e. The number of nitrogens with one attached hydrogen (secondary N) is 1. The zero-order valence-corrected chi connectivity index (χ0v) is 8.15. The molecule has 1 aliphatic rings. The number of amides is 1. The van der Waals surface area contributed by atoms with E-state index in [-0.39, 0.29) is 17.7 Å². The van der Waals surface area contributed by atoms with E-state index >= 15 is 0 Å². The molecular formula is C9H13NO4. The van der Waals surface area contributed by atoms with Gasteiger partial charge in [0.25, 0.3) is 0 Å². The van der Waals surface area contributed by atoms with Crippen LogP contribution in [0.1, 0.15) is 13.3 Å². The fourth-order valence-corrected chi connectivity index (χ4v) is 1.29. The second-order valence-electron chi connectivity index (χ2n) is 3.01. The lowest BCUT2D eigenvalue weighted by atomic mass is 10.1. The Bertz CT molecular complexity index is 262. The van der Waals surface area contributed by atoms with Crippen molar-refractivity contribution < 1.29 is 19.1 Å². The third-order valence-corrected chi connectivity index (χ3v) is 1.85. The normalized spacial score (nSPS) is 26.0.